The van der Waals surface area contributed by atoms with E-state index >= 15 is 0 Å². The lowest BCUT2D eigenvalue weighted by Crippen LogP contribution is -2.50. The molecule has 7 heteroatoms. The van der Waals surface area contributed by atoms with E-state index in [2.05, 4.69) is 14.5 Å². The predicted octanol–water partition coefficient (Wildman–Crippen LogP) is 3.45. The molecule has 0 unspecified atom stereocenters. The number of hydrogen-bond donors (Lipinski definition) is 0. The van der Waals surface area contributed by atoms with Gasteiger partial charge in [-0.2, -0.15) is 0 Å². The molecule has 0 spiro atoms. The second kappa shape index (κ2) is 9.33. The van der Waals surface area contributed by atoms with Crippen LogP contribution in [-0.4, -0.2) is 53.6 Å². The highest BCUT2D eigenvalue weighted by Crippen LogP contribution is 2.42. The molecular formula is C27H30N4O3. The summed E-state index contributed by atoms with van der Waals surface area (Å²) in [4.78, 5) is 35.3. The number of aryl methyl sites for hydroxylation is 1. The van der Waals surface area contributed by atoms with Gasteiger partial charge in [0.05, 0.1) is 13.7 Å². The Kier molecular flexibility index (Phi) is 6.09. The Balaban J connectivity index is 1.45. The van der Waals surface area contributed by atoms with Gasteiger partial charge in [0.25, 0.3) is 5.91 Å². The van der Waals surface area contributed by atoms with Gasteiger partial charge in [0.15, 0.2) is 5.43 Å². The number of aromatic nitrogens is 2. The summed E-state index contributed by atoms with van der Waals surface area (Å²) in [5.41, 5.74) is 2.95. The fraction of sp³-hybridized carbons (Fsp3) is 0.370. The molecule has 0 atom stereocenters. The Morgan fingerprint density at radius 3 is 2.47 bits per heavy atom. The normalized spacial score (nSPS) is 15.9. The van der Waals surface area contributed by atoms with Crippen LogP contribution in [-0.2, 0) is 6.54 Å². The first-order valence-corrected chi connectivity index (χ1v) is 11.9. The molecule has 2 aromatic heterocycles. The first-order valence-electron chi connectivity index (χ1n) is 11.9. The van der Waals surface area contributed by atoms with Crippen LogP contribution in [0.4, 0.5) is 5.82 Å². The van der Waals surface area contributed by atoms with Gasteiger partial charge < -0.3 is 19.1 Å². The lowest BCUT2D eigenvalue weighted by Gasteiger charge is -2.35. The first kappa shape index (κ1) is 22.2. The van der Waals surface area contributed by atoms with Crippen LogP contribution in [0.1, 0.15) is 46.1 Å². The molecule has 5 rings (SSSR count). The molecule has 2 fully saturated rings. The third-order valence-electron chi connectivity index (χ3n) is 6.80. The zero-order valence-corrected chi connectivity index (χ0v) is 19.7. The second-order valence-corrected chi connectivity index (χ2v) is 9.05. The van der Waals surface area contributed by atoms with Crippen molar-refractivity contribution in [2.75, 3.05) is 38.2 Å². The second-order valence-electron chi connectivity index (χ2n) is 9.05. The lowest BCUT2D eigenvalue weighted by atomic mass is 10.0. The molecule has 0 bridgehead atoms. The van der Waals surface area contributed by atoms with E-state index in [9.17, 15) is 9.59 Å². The number of amides is 1. The number of methoxy groups -OCH3 is 1. The quantitative estimate of drug-likeness (QED) is 0.566. The molecule has 176 valence electrons. The van der Waals surface area contributed by atoms with Crippen molar-refractivity contribution in [2.45, 2.75) is 32.2 Å². The van der Waals surface area contributed by atoms with Gasteiger partial charge in [-0.25, -0.2) is 4.98 Å². The number of hydrogen-bond acceptors (Lipinski definition) is 5. The number of piperazine rings is 1. The molecule has 3 aromatic rings. The van der Waals surface area contributed by atoms with E-state index in [1.165, 1.54) is 0 Å². The van der Waals surface area contributed by atoms with E-state index < -0.39 is 0 Å². The molecule has 3 heterocycles. The SMILES string of the molecule is COc1ccccc1Cn1c(C)cc(=O)c(C(=O)N2CCN(c3ccccn3)CC2)c1C1CC1. The van der Waals surface area contributed by atoms with Gasteiger partial charge in [-0.1, -0.05) is 24.3 Å². The van der Waals surface area contributed by atoms with Gasteiger partial charge >= 0.3 is 0 Å². The van der Waals surface area contributed by atoms with E-state index in [0.717, 1.165) is 41.4 Å². The number of anilines is 1. The Bertz CT molecular complexity index is 1240. The summed E-state index contributed by atoms with van der Waals surface area (Å²) in [5.74, 6) is 1.82. The first-order chi connectivity index (χ1) is 16.6. The van der Waals surface area contributed by atoms with Gasteiger partial charge in [-0.05, 0) is 38.0 Å². The molecule has 1 saturated heterocycles. The molecule has 1 aliphatic heterocycles. The van der Waals surface area contributed by atoms with Crippen molar-refractivity contribution < 1.29 is 9.53 Å². The van der Waals surface area contributed by atoms with Crippen LogP contribution in [0.25, 0.3) is 0 Å². The van der Waals surface area contributed by atoms with Crippen molar-refractivity contribution in [1.29, 1.82) is 0 Å². The van der Waals surface area contributed by atoms with Crippen molar-refractivity contribution in [2.24, 2.45) is 0 Å². The standard InChI is InChI=1S/C27H30N4O3/c1-19-17-22(32)25(27(33)30-15-13-29(14-16-30)24-9-5-6-12-28-24)26(20-10-11-20)31(19)18-21-7-3-4-8-23(21)34-2/h3-9,12,17,20H,10-11,13-16,18H2,1-2H3. The molecule has 0 N–H and O–H groups in total. The smallest absolute Gasteiger partial charge is 0.259 e. The third-order valence-corrected chi connectivity index (χ3v) is 6.80. The van der Waals surface area contributed by atoms with Crippen molar-refractivity contribution in [3.8, 4) is 5.75 Å². The Hall–Kier alpha value is -3.61. The number of ether oxygens (including phenoxy) is 1. The zero-order chi connectivity index (χ0) is 23.7. The maximum Gasteiger partial charge on any atom is 0.259 e. The minimum atomic E-state index is -0.173. The van der Waals surface area contributed by atoms with Crippen molar-refractivity contribution >= 4 is 11.7 Å². The summed E-state index contributed by atoms with van der Waals surface area (Å²) < 4.78 is 7.70. The number of nitrogens with zero attached hydrogens (tertiary/aromatic N) is 4. The minimum absolute atomic E-state index is 0.152. The summed E-state index contributed by atoms with van der Waals surface area (Å²) in [6.45, 7) is 5.04. The number of rotatable bonds is 6. The summed E-state index contributed by atoms with van der Waals surface area (Å²) in [6, 6.07) is 15.4. The van der Waals surface area contributed by atoms with Crippen LogP contribution in [0.3, 0.4) is 0 Å². The average Bonchev–Trinajstić information content (AvgIpc) is 3.71. The molecule has 7 nitrogen and oxygen atoms in total. The van der Waals surface area contributed by atoms with E-state index in [1.54, 1.807) is 19.4 Å². The van der Waals surface area contributed by atoms with E-state index in [0.29, 0.717) is 38.3 Å². The largest absolute Gasteiger partial charge is 0.496 e. The zero-order valence-electron chi connectivity index (χ0n) is 19.7. The molecule has 1 amide bonds. The summed E-state index contributed by atoms with van der Waals surface area (Å²) in [5, 5.41) is 0. The maximum absolute atomic E-state index is 13.7. The van der Waals surface area contributed by atoms with Gasteiger partial charge in [-0.15, -0.1) is 0 Å². The molecule has 34 heavy (non-hydrogen) atoms. The van der Waals surface area contributed by atoms with Crippen LogP contribution >= 0.6 is 0 Å². The molecule has 1 aromatic carbocycles. The number of carbonyl (C=O) groups excluding carboxylic acids is 1. The highest BCUT2D eigenvalue weighted by molar-refractivity contribution is 5.95. The highest BCUT2D eigenvalue weighted by atomic mass is 16.5. The van der Waals surface area contributed by atoms with Crippen molar-refractivity contribution in [1.82, 2.24) is 14.5 Å². The lowest BCUT2D eigenvalue weighted by molar-refractivity contribution is 0.0742. The third kappa shape index (κ3) is 4.30. The van der Waals surface area contributed by atoms with Gasteiger partial charge in [-0.3, -0.25) is 9.59 Å². The number of para-hydroxylation sites is 1. The van der Waals surface area contributed by atoms with Crippen LogP contribution in [0, 0.1) is 6.92 Å². The monoisotopic (exact) mass is 458 g/mol. The molecular weight excluding hydrogens is 428 g/mol. The summed E-state index contributed by atoms with van der Waals surface area (Å²) in [6.07, 6.45) is 3.79. The Labute approximate surface area is 199 Å². The Morgan fingerprint density at radius 2 is 1.79 bits per heavy atom. The maximum atomic E-state index is 13.7. The fourth-order valence-corrected chi connectivity index (χ4v) is 4.84. The molecule has 1 saturated carbocycles. The van der Waals surface area contributed by atoms with Crippen LogP contribution in [0.15, 0.2) is 59.5 Å². The van der Waals surface area contributed by atoms with Crippen LogP contribution < -0.4 is 15.1 Å². The topological polar surface area (TPSA) is 67.7 Å². The molecule has 2 aliphatic rings. The fourth-order valence-electron chi connectivity index (χ4n) is 4.84. The Morgan fingerprint density at radius 1 is 1.06 bits per heavy atom. The van der Waals surface area contributed by atoms with Crippen molar-refractivity contribution in [3.05, 3.63) is 87.5 Å². The average molecular weight is 459 g/mol. The minimum Gasteiger partial charge on any atom is -0.496 e. The van der Waals surface area contributed by atoms with Crippen LogP contribution in [0.5, 0.6) is 5.75 Å². The van der Waals surface area contributed by atoms with Crippen molar-refractivity contribution in [3.63, 3.8) is 0 Å². The summed E-state index contributed by atoms with van der Waals surface area (Å²) in [7, 11) is 1.67. The number of pyridine rings is 2. The summed E-state index contributed by atoms with van der Waals surface area (Å²) >= 11 is 0. The van der Waals surface area contributed by atoms with Gasteiger partial charge in [0.2, 0.25) is 0 Å². The van der Waals surface area contributed by atoms with Crippen LogP contribution in [0.2, 0.25) is 0 Å². The predicted molar refractivity (Wildman–Crippen MR) is 132 cm³/mol. The van der Waals surface area contributed by atoms with E-state index in [4.69, 9.17) is 4.74 Å². The van der Waals surface area contributed by atoms with E-state index in [1.807, 2.05) is 54.3 Å². The highest BCUT2D eigenvalue weighted by Gasteiger charge is 2.35. The van der Waals surface area contributed by atoms with Gasteiger partial charge in [0, 0.05) is 61.3 Å². The number of carbonyl (C=O) groups is 1. The van der Waals surface area contributed by atoms with Gasteiger partial charge in [0.1, 0.15) is 17.1 Å². The number of benzene rings is 1. The molecule has 1 aliphatic carbocycles. The van der Waals surface area contributed by atoms with E-state index in [-0.39, 0.29) is 17.3 Å². The molecule has 0 radical (unpaired) electrons.